The molecule has 170 valence electrons. The summed E-state index contributed by atoms with van der Waals surface area (Å²) in [7, 11) is 0. The SMILES string of the molecule is CCCCCC/C=C/CCCCCCCCCC(CC(=O)O)C(=O)N(CC)CC. The van der Waals surface area contributed by atoms with Crippen molar-refractivity contribution >= 4 is 11.9 Å². The smallest absolute Gasteiger partial charge is 0.304 e. The number of rotatable bonds is 20. The second-order valence-corrected chi connectivity index (χ2v) is 8.18. The topological polar surface area (TPSA) is 57.6 Å². The van der Waals surface area contributed by atoms with Gasteiger partial charge in [0.05, 0.1) is 6.42 Å². The first-order valence-corrected chi connectivity index (χ1v) is 12.2. The molecule has 0 aromatic carbocycles. The van der Waals surface area contributed by atoms with Crippen LogP contribution in [0.5, 0.6) is 0 Å². The average Bonchev–Trinajstić information content (AvgIpc) is 2.70. The minimum atomic E-state index is -0.870. The van der Waals surface area contributed by atoms with E-state index < -0.39 is 5.97 Å². The molecule has 1 atom stereocenters. The van der Waals surface area contributed by atoms with Crippen molar-refractivity contribution in [1.82, 2.24) is 4.90 Å². The highest BCUT2D eigenvalue weighted by atomic mass is 16.4. The van der Waals surface area contributed by atoms with Crippen LogP contribution in [-0.4, -0.2) is 35.0 Å². The van der Waals surface area contributed by atoms with Crippen molar-refractivity contribution in [2.75, 3.05) is 13.1 Å². The highest BCUT2D eigenvalue weighted by Crippen LogP contribution is 2.18. The zero-order valence-electron chi connectivity index (χ0n) is 19.5. The summed E-state index contributed by atoms with van der Waals surface area (Å²) in [6.07, 6.45) is 21.5. The van der Waals surface area contributed by atoms with Gasteiger partial charge in [-0.15, -0.1) is 0 Å². The van der Waals surface area contributed by atoms with Gasteiger partial charge < -0.3 is 10.0 Å². The van der Waals surface area contributed by atoms with Crippen LogP contribution in [-0.2, 0) is 9.59 Å². The van der Waals surface area contributed by atoms with E-state index in [0.29, 0.717) is 19.5 Å². The lowest BCUT2D eigenvalue weighted by molar-refractivity contribution is -0.144. The normalized spacial score (nSPS) is 12.4. The van der Waals surface area contributed by atoms with Crippen LogP contribution in [0.15, 0.2) is 12.2 Å². The molecular formula is C25H47NO3. The number of aliphatic carboxylic acids is 1. The van der Waals surface area contributed by atoms with E-state index in [0.717, 1.165) is 12.8 Å². The van der Waals surface area contributed by atoms with Gasteiger partial charge >= 0.3 is 5.97 Å². The molecule has 0 spiro atoms. The third-order valence-electron chi connectivity index (χ3n) is 5.66. The van der Waals surface area contributed by atoms with Crippen molar-refractivity contribution in [3.8, 4) is 0 Å². The highest BCUT2D eigenvalue weighted by Gasteiger charge is 2.24. The van der Waals surface area contributed by atoms with Gasteiger partial charge in [-0.05, 0) is 46.0 Å². The van der Waals surface area contributed by atoms with Gasteiger partial charge in [0.2, 0.25) is 5.91 Å². The summed E-state index contributed by atoms with van der Waals surface area (Å²) in [5.74, 6) is -1.22. The van der Waals surface area contributed by atoms with Gasteiger partial charge in [-0.25, -0.2) is 0 Å². The molecule has 0 aliphatic carbocycles. The molecule has 0 saturated carbocycles. The number of hydrogen-bond donors (Lipinski definition) is 1. The third-order valence-corrected chi connectivity index (χ3v) is 5.66. The van der Waals surface area contributed by atoms with Gasteiger partial charge in [0, 0.05) is 19.0 Å². The molecule has 1 N–H and O–H groups in total. The maximum atomic E-state index is 12.5. The average molecular weight is 410 g/mol. The van der Waals surface area contributed by atoms with Crippen LogP contribution in [0.25, 0.3) is 0 Å². The summed E-state index contributed by atoms with van der Waals surface area (Å²) in [6.45, 7) is 7.45. The molecule has 0 aliphatic heterocycles. The molecule has 1 unspecified atom stereocenters. The first-order valence-electron chi connectivity index (χ1n) is 12.2. The molecule has 1 amide bonds. The van der Waals surface area contributed by atoms with Gasteiger partial charge in [0.1, 0.15) is 0 Å². The molecule has 0 rings (SSSR count). The minimum absolute atomic E-state index is 0.0100. The number of carboxylic acid groups (broad SMARTS) is 1. The highest BCUT2D eigenvalue weighted by molar-refractivity contribution is 5.83. The molecule has 4 nitrogen and oxygen atoms in total. The standard InChI is InChI=1S/C25H47NO3/c1-4-7-8-9-10-11-12-13-14-15-16-17-18-19-20-21-23(22-24(27)28)25(29)26(5-2)6-3/h11-12,23H,4-10,13-22H2,1-3H3,(H,27,28)/b12-11+. The largest absolute Gasteiger partial charge is 0.481 e. The Labute approximate surface area is 180 Å². The fraction of sp³-hybridized carbons (Fsp3) is 0.840. The maximum Gasteiger partial charge on any atom is 0.304 e. The Balaban J connectivity index is 3.73. The zero-order chi connectivity index (χ0) is 21.7. The van der Waals surface area contributed by atoms with E-state index in [-0.39, 0.29) is 18.2 Å². The summed E-state index contributed by atoms with van der Waals surface area (Å²) in [6, 6.07) is 0. The lowest BCUT2D eigenvalue weighted by Gasteiger charge is -2.24. The number of carbonyl (C=O) groups is 2. The van der Waals surface area contributed by atoms with E-state index in [4.69, 9.17) is 5.11 Å². The first-order chi connectivity index (χ1) is 14.1. The van der Waals surface area contributed by atoms with Crippen LogP contribution in [0.1, 0.15) is 117 Å². The fourth-order valence-electron chi connectivity index (χ4n) is 3.78. The summed E-state index contributed by atoms with van der Waals surface area (Å²) in [4.78, 5) is 25.3. The van der Waals surface area contributed by atoms with Crippen molar-refractivity contribution in [3.63, 3.8) is 0 Å². The predicted molar refractivity (Wildman–Crippen MR) is 123 cm³/mol. The van der Waals surface area contributed by atoms with Gasteiger partial charge in [0.15, 0.2) is 0 Å². The van der Waals surface area contributed by atoms with E-state index in [1.807, 2.05) is 13.8 Å². The Bertz CT molecular complexity index is 430. The Morgan fingerprint density at radius 3 is 1.72 bits per heavy atom. The van der Waals surface area contributed by atoms with Crippen molar-refractivity contribution in [1.29, 1.82) is 0 Å². The van der Waals surface area contributed by atoms with Crippen LogP contribution in [0.3, 0.4) is 0 Å². The number of amides is 1. The van der Waals surface area contributed by atoms with E-state index >= 15 is 0 Å². The van der Waals surface area contributed by atoms with Crippen LogP contribution in [0.2, 0.25) is 0 Å². The van der Waals surface area contributed by atoms with E-state index in [1.165, 1.54) is 70.6 Å². The predicted octanol–water partition coefficient (Wildman–Crippen LogP) is 6.98. The molecular weight excluding hydrogens is 362 g/mol. The van der Waals surface area contributed by atoms with Crippen molar-refractivity contribution in [3.05, 3.63) is 12.2 Å². The van der Waals surface area contributed by atoms with Crippen LogP contribution in [0, 0.1) is 5.92 Å². The molecule has 0 heterocycles. The molecule has 0 bridgehead atoms. The van der Waals surface area contributed by atoms with Crippen LogP contribution >= 0.6 is 0 Å². The van der Waals surface area contributed by atoms with Crippen LogP contribution in [0.4, 0.5) is 0 Å². The molecule has 0 fully saturated rings. The molecule has 0 radical (unpaired) electrons. The van der Waals surface area contributed by atoms with Gasteiger partial charge in [-0.2, -0.15) is 0 Å². The van der Waals surface area contributed by atoms with Gasteiger partial charge in [0.25, 0.3) is 0 Å². The Morgan fingerprint density at radius 1 is 0.759 bits per heavy atom. The van der Waals surface area contributed by atoms with Crippen LogP contribution < -0.4 is 0 Å². The number of carbonyl (C=O) groups excluding carboxylic acids is 1. The number of allylic oxidation sites excluding steroid dienone is 2. The van der Waals surface area contributed by atoms with E-state index in [2.05, 4.69) is 19.1 Å². The monoisotopic (exact) mass is 409 g/mol. The Kier molecular flexibility index (Phi) is 19.1. The van der Waals surface area contributed by atoms with Crippen molar-refractivity contribution < 1.29 is 14.7 Å². The first kappa shape index (κ1) is 27.7. The molecule has 4 heteroatoms. The fourth-order valence-corrected chi connectivity index (χ4v) is 3.78. The molecule has 0 aliphatic rings. The number of nitrogens with zero attached hydrogens (tertiary/aromatic N) is 1. The summed E-state index contributed by atoms with van der Waals surface area (Å²) >= 11 is 0. The van der Waals surface area contributed by atoms with E-state index in [9.17, 15) is 9.59 Å². The Hall–Kier alpha value is -1.32. The molecule has 0 aromatic heterocycles. The lowest BCUT2D eigenvalue weighted by atomic mass is 9.95. The van der Waals surface area contributed by atoms with Gasteiger partial charge in [-0.3, -0.25) is 9.59 Å². The number of unbranched alkanes of at least 4 members (excludes halogenated alkanes) is 11. The van der Waals surface area contributed by atoms with E-state index in [1.54, 1.807) is 4.90 Å². The molecule has 0 saturated heterocycles. The maximum absolute atomic E-state index is 12.5. The number of carboxylic acids is 1. The van der Waals surface area contributed by atoms with Gasteiger partial charge in [-0.1, -0.05) is 76.9 Å². The third kappa shape index (κ3) is 16.2. The molecule has 29 heavy (non-hydrogen) atoms. The lowest BCUT2D eigenvalue weighted by Crippen LogP contribution is -2.36. The summed E-state index contributed by atoms with van der Waals surface area (Å²) < 4.78 is 0. The van der Waals surface area contributed by atoms with Crippen molar-refractivity contribution in [2.45, 2.75) is 117 Å². The summed E-state index contributed by atoms with van der Waals surface area (Å²) in [5.41, 5.74) is 0. The second kappa shape index (κ2) is 20.0. The Morgan fingerprint density at radius 2 is 1.24 bits per heavy atom. The zero-order valence-corrected chi connectivity index (χ0v) is 19.5. The summed E-state index contributed by atoms with van der Waals surface area (Å²) in [5, 5.41) is 9.11. The molecule has 0 aromatic rings. The van der Waals surface area contributed by atoms with Crippen molar-refractivity contribution in [2.24, 2.45) is 5.92 Å². The number of hydrogen-bond acceptors (Lipinski definition) is 2. The second-order valence-electron chi connectivity index (χ2n) is 8.18. The quantitative estimate of drug-likeness (QED) is 0.174. The minimum Gasteiger partial charge on any atom is -0.481 e.